The Bertz CT molecular complexity index is 233. The summed E-state index contributed by atoms with van der Waals surface area (Å²) >= 11 is 0. The summed E-state index contributed by atoms with van der Waals surface area (Å²) in [6, 6.07) is 3.88. The molecule has 0 aromatic carbocycles. The third-order valence-corrected chi connectivity index (χ3v) is 1.98. The maximum absolute atomic E-state index is 8.96. The fourth-order valence-corrected chi connectivity index (χ4v) is 1.29. The highest BCUT2D eigenvalue weighted by molar-refractivity contribution is 5.05. The second-order valence-corrected chi connectivity index (χ2v) is 2.90. The molecule has 0 saturated carbocycles. The summed E-state index contributed by atoms with van der Waals surface area (Å²) in [5, 5.41) is 8.96. The molecule has 13 heavy (non-hydrogen) atoms. The topological polar surface area (TPSA) is 34.4 Å². The summed E-state index contributed by atoms with van der Waals surface area (Å²) in [5.74, 6) is 0. The first kappa shape index (κ1) is 10.3. The molecule has 0 aliphatic carbocycles. The molecule has 3 heteroatoms. The molecular formula is C10H17NO2. The lowest BCUT2D eigenvalue weighted by atomic mass is 10.4. The molecule has 1 aromatic heterocycles. The molecular weight excluding hydrogens is 166 g/mol. The number of hydrogen-bond donors (Lipinski definition) is 1. The van der Waals surface area contributed by atoms with Crippen molar-refractivity contribution in [2.75, 3.05) is 13.2 Å². The summed E-state index contributed by atoms with van der Waals surface area (Å²) < 4.78 is 7.28. The predicted molar refractivity (Wildman–Crippen MR) is 51.5 cm³/mol. The maximum atomic E-state index is 8.96. The normalized spacial score (nSPS) is 10.6. The van der Waals surface area contributed by atoms with E-state index in [0.29, 0.717) is 0 Å². The quantitative estimate of drug-likeness (QED) is 0.677. The highest BCUT2D eigenvalue weighted by Gasteiger charge is 1.97. The van der Waals surface area contributed by atoms with Crippen LogP contribution in [0.5, 0.6) is 0 Å². The average molecular weight is 183 g/mol. The molecule has 0 unspecified atom stereocenters. The Kier molecular flexibility index (Phi) is 4.57. The van der Waals surface area contributed by atoms with Gasteiger partial charge in [0.1, 0.15) is 0 Å². The van der Waals surface area contributed by atoms with Crippen LogP contribution in [0.25, 0.3) is 0 Å². The Morgan fingerprint density at radius 3 is 3.08 bits per heavy atom. The Labute approximate surface area is 78.9 Å². The van der Waals surface area contributed by atoms with E-state index in [1.54, 1.807) is 0 Å². The van der Waals surface area contributed by atoms with Gasteiger partial charge in [-0.1, -0.05) is 0 Å². The summed E-state index contributed by atoms with van der Waals surface area (Å²) in [6.07, 6.45) is 2.98. The second kappa shape index (κ2) is 5.78. The lowest BCUT2D eigenvalue weighted by Crippen LogP contribution is -2.04. The van der Waals surface area contributed by atoms with Crippen LogP contribution in [0, 0.1) is 0 Å². The number of rotatable bonds is 6. The molecule has 1 aromatic rings. The van der Waals surface area contributed by atoms with Crippen LogP contribution in [0.1, 0.15) is 19.0 Å². The Hall–Kier alpha value is -0.800. The van der Waals surface area contributed by atoms with E-state index in [-0.39, 0.29) is 6.61 Å². The van der Waals surface area contributed by atoms with Crippen LogP contribution in [0.4, 0.5) is 0 Å². The molecule has 74 valence electrons. The van der Waals surface area contributed by atoms with Gasteiger partial charge in [0.15, 0.2) is 0 Å². The molecule has 3 nitrogen and oxygen atoms in total. The first-order valence-corrected chi connectivity index (χ1v) is 4.71. The molecule has 1 rings (SSSR count). The fourth-order valence-electron chi connectivity index (χ4n) is 1.29. The Morgan fingerprint density at radius 2 is 2.38 bits per heavy atom. The van der Waals surface area contributed by atoms with Crippen LogP contribution in [0.2, 0.25) is 0 Å². The Morgan fingerprint density at radius 1 is 1.54 bits per heavy atom. The van der Waals surface area contributed by atoms with Gasteiger partial charge in [-0.25, -0.2) is 0 Å². The first-order chi connectivity index (χ1) is 6.38. The van der Waals surface area contributed by atoms with E-state index < -0.39 is 0 Å². The zero-order valence-electron chi connectivity index (χ0n) is 8.07. The molecule has 0 aliphatic heterocycles. The largest absolute Gasteiger partial charge is 0.390 e. The molecule has 1 N–H and O–H groups in total. The molecule has 0 amide bonds. The van der Waals surface area contributed by atoms with E-state index in [2.05, 4.69) is 4.57 Å². The number of aliphatic hydroxyl groups is 1. The van der Waals surface area contributed by atoms with E-state index in [0.717, 1.165) is 31.9 Å². The standard InChI is InChI=1S/C10H17NO2/c1-2-13-8-4-7-11-6-3-5-10(11)9-12/h3,5-6,12H,2,4,7-9H2,1H3. The predicted octanol–water partition coefficient (Wildman–Crippen LogP) is 1.41. The lowest BCUT2D eigenvalue weighted by Gasteiger charge is -2.06. The van der Waals surface area contributed by atoms with Gasteiger partial charge in [-0.05, 0) is 25.5 Å². The fraction of sp³-hybridized carbons (Fsp3) is 0.600. The van der Waals surface area contributed by atoms with Crippen molar-refractivity contribution in [2.45, 2.75) is 26.5 Å². The van der Waals surface area contributed by atoms with Crippen molar-refractivity contribution in [3.05, 3.63) is 24.0 Å². The van der Waals surface area contributed by atoms with Gasteiger partial charge in [-0.3, -0.25) is 0 Å². The second-order valence-electron chi connectivity index (χ2n) is 2.90. The maximum Gasteiger partial charge on any atom is 0.0832 e. The average Bonchev–Trinajstić information content (AvgIpc) is 2.60. The summed E-state index contributed by atoms with van der Waals surface area (Å²) in [7, 11) is 0. The van der Waals surface area contributed by atoms with E-state index in [1.807, 2.05) is 25.3 Å². The van der Waals surface area contributed by atoms with Gasteiger partial charge in [0, 0.05) is 31.6 Å². The SMILES string of the molecule is CCOCCCn1cccc1CO. The third kappa shape index (κ3) is 3.20. The van der Waals surface area contributed by atoms with Crippen LogP contribution >= 0.6 is 0 Å². The number of hydrogen-bond acceptors (Lipinski definition) is 2. The van der Waals surface area contributed by atoms with Gasteiger partial charge in [0.05, 0.1) is 6.61 Å². The molecule has 0 bridgehead atoms. The van der Waals surface area contributed by atoms with Crippen molar-refractivity contribution < 1.29 is 9.84 Å². The molecule has 1 heterocycles. The first-order valence-electron chi connectivity index (χ1n) is 4.71. The van der Waals surface area contributed by atoms with Crippen LogP contribution in [-0.2, 0) is 17.9 Å². The summed E-state index contributed by atoms with van der Waals surface area (Å²) in [6.45, 7) is 4.59. The zero-order chi connectivity index (χ0) is 9.52. The van der Waals surface area contributed by atoms with Crippen LogP contribution in [-0.4, -0.2) is 22.9 Å². The van der Waals surface area contributed by atoms with Gasteiger partial charge < -0.3 is 14.4 Å². The molecule has 0 spiro atoms. The van der Waals surface area contributed by atoms with Crippen molar-refractivity contribution in [1.29, 1.82) is 0 Å². The van der Waals surface area contributed by atoms with Crippen molar-refractivity contribution in [3.63, 3.8) is 0 Å². The number of aryl methyl sites for hydroxylation is 1. The Balaban J connectivity index is 2.27. The minimum Gasteiger partial charge on any atom is -0.390 e. The number of aromatic nitrogens is 1. The minimum atomic E-state index is 0.113. The smallest absolute Gasteiger partial charge is 0.0832 e. The molecule has 0 fully saturated rings. The van der Waals surface area contributed by atoms with Gasteiger partial charge in [-0.2, -0.15) is 0 Å². The molecule has 0 saturated heterocycles. The highest BCUT2D eigenvalue weighted by atomic mass is 16.5. The van der Waals surface area contributed by atoms with Gasteiger partial charge in [0.2, 0.25) is 0 Å². The van der Waals surface area contributed by atoms with Crippen LogP contribution in [0.3, 0.4) is 0 Å². The van der Waals surface area contributed by atoms with E-state index >= 15 is 0 Å². The van der Waals surface area contributed by atoms with E-state index in [9.17, 15) is 0 Å². The van der Waals surface area contributed by atoms with Crippen molar-refractivity contribution in [3.8, 4) is 0 Å². The zero-order valence-corrected chi connectivity index (χ0v) is 8.07. The number of ether oxygens (including phenoxy) is 1. The third-order valence-electron chi connectivity index (χ3n) is 1.98. The van der Waals surface area contributed by atoms with Gasteiger partial charge in [-0.15, -0.1) is 0 Å². The number of aliphatic hydroxyl groups excluding tert-OH is 1. The van der Waals surface area contributed by atoms with Gasteiger partial charge >= 0.3 is 0 Å². The number of nitrogens with zero attached hydrogens (tertiary/aromatic N) is 1. The van der Waals surface area contributed by atoms with Crippen LogP contribution in [0.15, 0.2) is 18.3 Å². The van der Waals surface area contributed by atoms with Crippen molar-refractivity contribution in [2.24, 2.45) is 0 Å². The van der Waals surface area contributed by atoms with Crippen LogP contribution < -0.4 is 0 Å². The highest BCUT2D eigenvalue weighted by Crippen LogP contribution is 2.03. The molecule has 0 radical (unpaired) electrons. The monoisotopic (exact) mass is 183 g/mol. The lowest BCUT2D eigenvalue weighted by molar-refractivity contribution is 0.141. The van der Waals surface area contributed by atoms with Gasteiger partial charge in [0.25, 0.3) is 0 Å². The van der Waals surface area contributed by atoms with Crippen molar-refractivity contribution >= 4 is 0 Å². The summed E-state index contributed by atoms with van der Waals surface area (Å²) in [4.78, 5) is 0. The molecule has 0 aliphatic rings. The van der Waals surface area contributed by atoms with E-state index in [1.165, 1.54) is 0 Å². The molecule has 0 atom stereocenters. The summed E-state index contributed by atoms with van der Waals surface area (Å²) in [5.41, 5.74) is 0.969. The van der Waals surface area contributed by atoms with Crippen molar-refractivity contribution in [1.82, 2.24) is 4.57 Å². The van der Waals surface area contributed by atoms with E-state index in [4.69, 9.17) is 9.84 Å². The minimum absolute atomic E-state index is 0.113.